The van der Waals surface area contributed by atoms with Crippen molar-refractivity contribution in [3.8, 4) is 5.75 Å². The Morgan fingerprint density at radius 1 is 1.11 bits per heavy atom. The first-order valence-corrected chi connectivity index (χ1v) is 10.3. The number of aromatic nitrogens is 3. The van der Waals surface area contributed by atoms with Crippen molar-refractivity contribution in [2.24, 2.45) is 0 Å². The van der Waals surface area contributed by atoms with Crippen LogP contribution in [-0.2, 0) is 12.8 Å². The minimum absolute atomic E-state index is 0.207. The molecule has 2 aromatic heterocycles. The number of fused-ring (bicyclic) bond motifs is 2. The maximum absolute atomic E-state index is 6.36. The predicted octanol–water partition coefficient (Wildman–Crippen LogP) is 2.81. The number of para-hydroxylation sites is 1. The van der Waals surface area contributed by atoms with E-state index in [2.05, 4.69) is 53.4 Å². The highest BCUT2D eigenvalue weighted by Crippen LogP contribution is 2.32. The Kier molecular flexibility index (Phi) is 4.43. The number of hydrogen-bond donors (Lipinski definition) is 1. The summed E-state index contributed by atoms with van der Waals surface area (Å²) in [6.45, 7) is 8.16. The Hall–Kier alpha value is -2.60. The normalized spacial score (nSPS) is 17.5. The summed E-state index contributed by atoms with van der Waals surface area (Å²) in [7, 11) is 0. The van der Waals surface area contributed by atoms with Crippen molar-refractivity contribution in [1.82, 2.24) is 19.9 Å². The topological polar surface area (TPSA) is 54.7 Å². The van der Waals surface area contributed by atoms with Crippen LogP contribution in [-0.4, -0.2) is 46.9 Å². The lowest BCUT2D eigenvalue weighted by atomic mass is 10.0. The van der Waals surface area contributed by atoms with E-state index in [-0.39, 0.29) is 6.10 Å². The van der Waals surface area contributed by atoms with Crippen molar-refractivity contribution in [1.29, 1.82) is 0 Å². The standard InChI is InChI=1S/C22H27N5O/c1-15(2)17-5-3-4-6-20(17)28-16-13-26(14-16)22-18-7-10-23-11-8-19(18)25-21-9-12-24-27(21)22/h3-6,9,12,15-16,23H,7-8,10-11,13-14H2,1-2H3. The van der Waals surface area contributed by atoms with E-state index in [1.54, 1.807) is 0 Å². The van der Waals surface area contributed by atoms with Gasteiger partial charge >= 0.3 is 0 Å². The third-order valence-corrected chi connectivity index (χ3v) is 5.76. The molecule has 146 valence electrons. The van der Waals surface area contributed by atoms with E-state index >= 15 is 0 Å². The Balaban J connectivity index is 1.40. The molecule has 0 amide bonds. The zero-order valence-corrected chi connectivity index (χ0v) is 16.6. The average molecular weight is 377 g/mol. The van der Waals surface area contributed by atoms with Gasteiger partial charge in [0.2, 0.25) is 0 Å². The van der Waals surface area contributed by atoms with Crippen LogP contribution in [0.15, 0.2) is 36.5 Å². The van der Waals surface area contributed by atoms with Gasteiger partial charge in [-0.25, -0.2) is 4.98 Å². The molecule has 0 saturated carbocycles. The largest absolute Gasteiger partial charge is 0.486 e. The van der Waals surface area contributed by atoms with Gasteiger partial charge in [-0.05, 0) is 30.5 Å². The van der Waals surface area contributed by atoms with Crippen LogP contribution >= 0.6 is 0 Å². The third-order valence-electron chi connectivity index (χ3n) is 5.76. The summed E-state index contributed by atoms with van der Waals surface area (Å²) in [5, 5.41) is 8.05. The molecule has 0 unspecified atom stereocenters. The molecule has 6 nitrogen and oxygen atoms in total. The summed E-state index contributed by atoms with van der Waals surface area (Å²) in [5.41, 5.74) is 4.76. The lowest BCUT2D eigenvalue weighted by molar-refractivity contribution is 0.164. The Bertz CT molecular complexity index is 990. The SMILES string of the molecule is CC(C)c1ccccc1OC1CN(c2c3c(nc4ccnn24)CCNCC3)C1. The molecular formula is C22H27N5O. The van der Waals surface area contributed by atoms with E-state index < -0.39 is 0 Å². The highest BCUT2D eigenvalue weighted by molar-refractivity contribution is 5.59. The monoisotopic (exact) mass is 377 g/mol. The zero-order valence-electron chi connectivity index (χ0n) is 16.6. The molecule has 28 heavy (non-hydrogen) atoms. The Morgan fingerprint density at radius 2 is 1.93 bits per heavy atom. The van der Waals surface area contributed by atoms with Crippen LogP contribution in [0.4, 0.5) is 5.82 Å². The first-order valence-electron chi connectivity index (χ1n) is 10.3. The lowest BCUT2D eigenvalue weighted by Crippen LogP contribution is -2.55. The van der Waals surface area contributed by atoms with Crippen molar-refractivity contribution in [2.45, 2.75) is 38.7 Å². The second-order valence-electron chi connectivity index (χ2n) is 8.05. The van der Waals surface area contributed by atoms with E-state index in [1.807, 2.05) is 16.8 Å². The van der Waals surface area contributed by atoms with Crippen LogP contribution in [0.3, 0.4) is 0 Å². The summed E-state index contributed by atoms with van der Waals surface area (Å²) in [6, 6.07) is 10.4. The maximum Gasteiger partial charge on any atom is 0.157 e. The number of benzene rings is 1. The van der Waals surface area contributed by atoms with Crippen LogP contribution in [0.2, 0.25) is 0 Å². The quantitative estimate of drug-likeness (QED) is 0.758. The minimum Gasteiger partial charge on any atom is -0.486 e. The van der Waals surface area contributed by atoms with Crippen LogP contribution in [0, 0.1) is 0 Å². The van der Waals surface area contributed by atoms with Crippen molar-refractivity contribution in [2.75, 3.05) is 31.1 Å². The summed E-state index contributed by atoms with van der Waals surface area (Å²) in [4.78, 5) is 7.25. The van der Waals surface area contributed by atoms with E-state index in [0.29, 0.717) is 5.92 Å². The molecule has 1 N–H and O–H groups in total. The summed E-state index contributed by atoms with van der Waals surface area (Å²) >= 11 is 0. The van der Waals surface area contributed by atoms with Gasteiger partial charge in [-0.3, -0.25) is 0 Å². The fourth-order valence-electron chi connectivity index (χ4n) is 4.27. The fourth-order valence-corrected chi connectivity index (χ4v) is 4.27. The van der Waals surface area contributed by atoms with Crippen LogP contribution < -0.4 is 15.0 Å². The van der Waals surface area contributed by atoms with Gasteiger partial charge in [-0.1, -0.05) is 32.0 Å². The van der Waals surface area contributed by atoms with Crippen LogP contribution in [0.25, 0.3) is 5.65 Å². The first-order chi connectivity index (χ1) is 13.7. The van der Waals surface area contributed by atoms with E-state index in [9.17, 15) is 0 Å². The van der Waals surface area contributed by atoms with Gasteiger partial charge in [0.05, 0.1) is 25.0 Å². The molecule has 0 bridgehead atoms. The van der Waals surface area contributed by atoms with Gasteiger partial charge in [0, 0.05) is 24.6 Å². The second-order valence-corrected chi connectivity index (χ2v) is 8.05. The number of anilines is 1. The number of ether oxygens (including phenoxy) is 1. The Labute approximate surface area is 165 Å². The van der Waals surface area contributed by atoms with Crippen LogP contribution in [0.5, 0.6) is 5.75 Å². The van der Waals surface area contributed by atoms with Crippen molar-refractivity contribution in [3.05, 3.63) is 53.3 Å². The van der Waals surface area contributed by atoms with E-state index in [4.69, 9.17) is 9.72 Å². The molecule has 1 aromatic carbocycles. The highest BCUT2D eigenvalue weighted by Gasteiger charge is 2.33. The molecule has 4 heterocycles. The van der Waals surface area contributed by atoms with Crippen molar-refractivity contribution >= 4 is 11.5 Å². The number of rotatable bonds is 4. The third kappa shape index (κ3) is 3.02. The lowest BCUT2D eigenvalue weighted by Gasteiger charge is -2.41. The predicted molar refractivity (Wildman–Crippen MR) is 110 cm³/mol. The molecule has 2 aliphatic heterocycles. The van der Waals surface area contributed by atoms with Gasteiger partial charge < -0.3 is 15.0 Å². The van der Waals surface area contributed by atoms with E-state index in [1.165, 1.54) is 22.6 Å². The second kappa shape index (κ2) is 7.09. The number of nitrogens with zero attached hydrogens (tertiary/aromatic N) is 4. The van der Waals surface area contributed by atoms with Gasteiger partial charge in [-0.2, -0.15) is 9.61 Å². The summed E-state index contributed by atoms with van der Waals surface area (Å²) in [5.74, 6) is 2.68. The highest BCUT2D eigenvalue weighted by atomic mass is 16.5. The molecule has 1 saturated heterocycles. The van der Waals surface area contributed by atoms with Crippen molar-refractivity contribution in [3.63, 3.8) is 0 Å². The zero-order chi connectivity index (χ0) is 19.1. The number of hydrogen-bond acceptors (Lipinski definition) is 5. The maximum atomic E-state index is 6.36. The van der Waals surface area contributed by atoms with Gasteiger partial charge in [0.1, 0.15) is 17.7 Å². The van der Waals surface area contributed by atoms with Gasteiger partial charge in [0.15, 0.2) is 5.65 Å². The van der Waals surface area contributed by atoms with E-state index in [0.717, 1.165) is 50.4 Å². The Morgan fingerprint density at radius 3 is 2.79 bits per heavy atom. The summed E-state index contributed by atoms with van der Waals surface area (Å²) in [6.07, 6.45) is 4.01. The fraction of sp³-hybridized carbons (Fsp3) is 0.455. The van der Waals surface area contributed by atoms with Crippen molar-refractivity contribution < 1.29 is 4.74 Å². The average Bonchev–Trinajstić information content (AvgIpc) is 3.00. The van der Waals surface area contributed by atoms with Crippen LogP contribution in [0.1, 0.15) is 36.6 Å². The molecule has 0 spiro atoms. The molecule has 0 atom stereocenters. The van der Waals surface area contributed by atoms with Gasteiger partial charge in [-0.15, -0.1) is 0 Å². The smallest absolute Gasteiger partial charge is 0.157 e. The molecule has 3 aromatic rings. The summed E-state index contributed by atoms with van der Waals surface area (Å²) < 4.78 is 8.36. The molecule has 5 rings (SSSR count). The molecule has 2 aliphatic rings. The van der Waals surface area contributed by atoms with Gasteiger partial charge in [0.25, 0.3) is 0 Å². The molecule has 6 heteroatoms. The molecule has 1 fully saturated rings. The first kappa shape index (κ1) is 17.5. The molecular weight excluding hydrogens is 350 g/mol. The molecule has 0 radical (unpaired) electrons. The molecule has 0 aliphatic carbocycles. The minimum atomic E-state index is 0.207. The number of nitrogens with one attached hydrogen (secondary N) is 1.